The Kier molecular flexibility index (Phi) is 3.87. The zero-order valence-electron chi connectivity index (χ0n) is 15.0. The number of aryl methyl sites for hydroxylation is 1. The maximum Gasteiger partial charge on any atom is 0.119 e. The Morgan fingerprint density at radius 3 is 2.44 bits per heavy atom. The smallest absolute Gasteiger partial charge is 0.119 e. The molecule has 1 aromatic heterocycles. The van der Waals surface area contributed by atoms with E-state index in [0.717, 1.165) is 28.3 Å². The Hall–Kier alpha value is -2.55. The van der Waals surface area contributed by atoms with E-state index in [2.05, 4.69) is 54.8 Å². The summed E-state index contributed by atoms with van der Waals surface area (Å²) in [5.74, 6) is 1.61. The molecular weight excluding hydrogens is 308 g/mol. The fourth-order valence-electron chi connectivity index (χ4n) is 4.05. The molecule has 1 aliphatic rings. The molecule has 4 rings (SSSR count). The molecule has 1 aliphatic carbocycles. The fourth-order valence-corrected chi connectivity index (χ4v) is 4.05. The molecule has 128 valence electrons. The summed E-state index contributed by atoms with van der Waals surface area (Å²) in [4.78, 5) is 0. The van der Waals surface area contributed by atoms with Gasteiger partial charge in [0.05, 0.1) is 12.8 Å². The average molecular weight is 332 g/mol. The molecule has 1 heterocycles. The summed E-state index contributed by atoms with van der Waals surface area (Å²) < 4.78 is 7.88. The quantitative estimate of drug-likeness (QED) is 0.621. The Morgan fingerprint density at radius 1 is 1.12 bits per heavy atom. The van der Waals surface area contributed by atoms with E-state index in [1.807, 2.05) is 6.07 Å². The van der Waals surface area contributed by atoms with Crippen molar-refractivity contribution in [3.63, 3.8) is 0 Å². The molecule has 0 atom stereocenters. The Labute approximate surface area is 148 Å². The Morgan fingerprint density at radius 2 is 1.84 bits per heavy atom. The minimum atomic E-state index is 0.510. The molecule has 3 heteroatoms. The molecule has 2 aromatic carbocycles. The van der Waals surface area contributed by atoms with Gasteiger partial charge in [0.25, 0.3) is 0 Å². The van der Waals surface area contributed by atoms with Gasteiger partial charge in [-0.15, -0.1) is 0 Å². The molecule has 0 unspecified atom stereocenters. The number of aromatic nitrogens is 1. The van der Waals surface area contributed by atoms with Crippen molar-refractivity contribution in [1.82, 2.24) is 4.57 Å². The van der Waals surface area contributed by atoms with E-state index in [1.165, 1.54) is 35.7 Å². The largest absolute Gasteiger partial charge is 0.497 e. The van der Waals surface area contributed by atoms with Gasteiger partial charge in [-0.1, -0.05) is 36.8 Å². The number of hydrogen-bond donors (Lipinski definition) is 1. The van der Waals surface area contributed by atoms with Gasteiger partial charge in [0, 0.05) is 28.7 Å². The summed E-state index contributed by atoms with van der Waals surface area (Å²) in [6.45, 7) is 4.42. The summed E-state index contributed by atoms with van der Waals surface area (Å²) in [5.41, 5.74) is 5.78. The van der Waals surface area contributed by atoms with E-state index in [9.17, 15) is 0 Å². The third-order valence-corrected chi connectivity index (χ3v) is 5.43. The van der Waals surface area contributed by atoms with Gasteiger partial charge in [-0.25, -0.2) is 0 Å². The van der Waals surface area contributed by atoms with Gasteiger partial charge < -0.3 is 14.7 Å². The molecule has 3 aromatic rings. The van der Waals surface area contributed by atoms with Crippen LogP contribution >= 0.6 is 0 Å². The summed E-state index contributed by atoms with van der Waals surface area (Å²) in [7, 11) is 1.69. The number of rotatable bonds is 4. The van der Waals surface area contributed by atoms with Crippen molar-refractivity contribution in [1.29, 1.82) is 5.41 Å². The third-order valence-electron chi connectivity index (χ3n) is 5.43. The predicted molar refractivity (Wildman–Crippen MR) is 104 cm³/mol. The SMILES string of the molecule is COc1ccc2c(c1)c(C=N)c(-c1ccc(C)cc1)n2C1CC(C)C1. The van der Waals surface area contributed by atoms with E-state index in [0.29, 0.717) is 6.04 Å². The number of hydrogen-bond acceptors (Lipinski definition) is 2. The van der Waals surface area contributed by atoms with Crippen LogP contribution < -0.4 is 4.74 Å². The lowest BCUT2D eigenvalue weighted by atomic mass is 9.81. The van der Waals surface area contributed by atoms with Crippen LogP contribution in [0.3, 0.4) is 0 Å². The lowest BCUT2D eigenvalue weighted by molar-refractivity contribution is 0.223. The molecule has 0 amide bonds. The first-order valence-electron chi connectivity index (χ1n) is 8.91. The van der Waals surface area contributed by atoms with Crippen molar-refractivity contribution in [2.24, 2.45) is 5.92 Å². The van der Waals surface area contributed by atoms with E-state index in [-0.39, 0.29) is 0 Å². The van der Waals surface area contributed by atoms with Crippen LogP contribution in [0, 0.1) is 18.3 Å². The number of nitrogens with zero attached hydrogens (tertiary/aromatic N) is 1. The minimum absolute atomic E-state index is 0.510. The molecule has 0 radical (unpaired) electrons. The molecule has 0 spiro atoms. The number of fused-ring (bicyclic) bond motifs is 1. The van der Waals surface area contributed by atoms with Crippen LogP contribution in [0.25, 0.3) is 22.2 Å². The molecular formula is C22H24N2O. The summed E-state index contributed by atoms with van der Waals surface area (Å²) in [6, 6.07) is 15.4. The maximum absolute atomic E-state index is 8.08. The lowest BCUT2D eigenvalue weighted by Gasteiger charge is -2.36. The first-order valence-corrected chi connectivity index (χ1v) is 8.91. The molecule has 1 fully saturated rings. The van der Waals surface area contributed by atoms with Gasteiger partial charge in [0.1, 0.15) is 5.75 Å². The standard InChI is InChI=1S/C22H24N2O/c1-14-4-6-16(7-5-14)22-20(13-23)19-12-18(25-3)8-9-21(19)24(22)17-10-15(2)11-17/h4-9,12-13,15,17,23H,10-11H2,1-3H3. The highest BCUT2D eigenvalue weighted by atomic mass is 16.5. The van der Waals surface area contributed by atoms with E-state index in [4.69, 9.17) is 10.1 Å². The summed E-state index contributed by atoms with van der Waals surface area (Å²) >= 11 is 0. The third kappa shape index (κ3) is 2.55. The van der Waals surface area contributed by atoms with Crippen LogP contribution in [0.5, 0.6) is 5.75 Å². The van der Waals surface area contributed by atoms with Crippen LogP contribution in [0.15, 0.2) is 42.5 Å². The number of nitrogens with one attached hydrogen (secondary N) is 1. The van der Waals surface area contributed by atoms with Gasteiger partial charge in [0.15, 0.2) is 0 Å². The first-order chi connectivity index (χ1) is 12.1. The number of benzene rings is 2. The van der Waals surface area contributed by atoms with Crippen LogP contribution in [0.2, 0.25) is 0 Å². The zero-order valence-corrected chi connectivity index (χ0v) is 15.0. The van der Waals surface area contributed by atoms with Crippen LogP contribution in [-0.4, -0.2) is 17.9 Å². The molecule has 1 saturated carbocycles. The number of ether oxygens (including phenoxy) is 1. The second kappa shape index (κ2) is 6.07. The normalized spacial score (nSPS) is 19.6. The molecule has 1 N–H and O–H groups in total. The van der Waals surface area contributed by atoms with E-state index < -0.39 is 0 Å². The topological polar surface area (TPSA) is 38.0 Å². The van der Waals surface area contributed by atoms with Crippen molar-refractivity contribution in [3.05, 3.63) is 53.6 Å². The second-order valence-electron chi connectivity index (χ2n) is 7.26. The first kappa shape index (κ1) is 15.9. The predicted octanol–water partition coefficient (Wildman–Crippen LogP) is 5.59. The van der Waals surface area contributed by atoms with Gasteiger partial charge in [0.2, 0.25) is 0 Å². The van der Waals surface area contributed by atoms with Crippen molar-refractivity contribution in [3.8, 4) is 17.0 Å². The monoisotopic (exact) mass is 332 g/mol. The summed E-state index contributed by atoms with van der Waals surface area (Å²) in [6.07, 6.45) is 3.90. The molecule has 0 aliphatic heterocycles. The van der Waals surface area contributed by atoms with E-state index in [1.54, 1.807) is 7.11 Å². The van der Waals surface area contributed by atoms with Crippen molar-refractivity contribution in [2.75, 3.05) is 7.11 Å². The Balaban J connectivity index is 2.02. The van der Waals surface area contributed by atoms with Gasteiger partial charge in [-0.3, -0.25) is 0 Å². The number of methoxy groups -OCH3 is 1. The highest BCUT2D eigenvalue weighted by Crippen LogP contribution is 2.45. The van der Waals surface area contributed by atoms with Gasteiger partial charge in [-0.2, -0.15) is 0 Å². The highest BCUT2D eigenvalue weighted by molar-refractivity contribution is 6.06. The Bertz CT molecular complexity index is 931. The minimum Gasteiger partial charge on any atom is -0.497 e. The van der Waals surface area contributed by atoms with Crippen LogP contribution in [0.1, 0.15) is 36.9 Å². The highest BCUT2D eigenvalue weighted by Gasteiger charge is 2.31. The molecule has 0 bridgehead atoms. The van der Waals surface area contributed by atoms with Crippen molar-refractivity contribution >= 4 is 17.1 Å². The van der Waals surface area contributed by atoms with Crippen molar-refractivity contribution in [2.45, 2.75) is 32.7 Å². The van der Waals surface area contributed by atoms with Crippen molar-refractivity contribution < 1.29 is 4.74 Å². The van der Waals surface area contributed by atoms with Gasteiger partial charge >= 0.3 is 0 Å². The lowest BCUT2D eigenvalue weighted by Crippen LogP contribution is -2.25. The summed E-state index contributed by atoms with van der Waals surface area (Å²) in [5, 5.41) is 9.18. The average Bonchev–Trinajstić information content (AvgIpc) is 2.92. The second-order valence-corrected chi connectivity index (χ2v) is 7.26. The van der Waals surface area contributed by atoms with Crippen LogP contribution in [0.4, 0.5) is 0 Å². The molecule has 25 heavy (non-hydrogen) atoms. The fraction of sp³-hybridized carbons (Fsp3) is 0.318. The van der Waals surface area contributed by atoms with Crippen LogP contribution in [-0.2, 0) is 0 Å². The molecule has 3 nitrogen and oxygen atoms in total. The molecule has 0 saturated heterocycles. The van der Waals surface area contributed by atoms with Gasteiger partial charge in [-0.05, 0) is 49.4 Å². The van der Waals surface area contributed by atoms with E-state index >= 15 is 0 Å². The zero-order chi connectivity index (χ0) is 17.6. The maximum atomic E-state index is 8.08.